The average Bonchev–Trinajstić information content (AvgIpc) is 2.65. The summed E-state index contributed by atoms with van der Waals surface area (Å²) in [7, 11) is 2.08. The molecule has 1 unspecified atom stereocenters. The SMILES string of the molecule is CCCNC(C1=CCCCCC1)c1nccn1C. The molecular formula is C15H25N3. The molecule has 0 radical (unpaired) electrons. The Balaban J connectivity index is 2.18. The number of aryl methyl sites for hydroxylation is 1. The monoisotopic (exact) mass is 247 g/mol. The second kappa shape index (κ2) is 6.74. The molecule has 0 aromatic carbocycles. The molecule has 1 aliphatic carbocycles. The van der Waals surface area contributed by atoms with Gasteiger partial charge in [0, 0.05) is 19.4 Å². The maximum Gasteiger partial charge on any atom is 0.129 e. The Morgan fingerprint density at radius 3 is 3.00 bits per heavy atom. The molecule has 100 valence electrons. The largest absolute Gasteiger partial charge is 0.336 e. The van der Waals surface area contributed by atoms with Crippen molar-refractivity contribution in [2.75, 3.05) is 6.54 Å². The Labute approximate surface area is 110 Å². The summed E-state index contributed by atoms with van der Waals surface area (Å²) in [6, 6.07) is 0.308. The van der Waals surface area contributed by atoms with Crippen molar-refractivity contribution in [3.8, 4) is 0 Å². The topological polar surface area (TPSA) is 29.9 Å². The maximum absolute atomic E-state index is 4.53. The molecule has 1 aliphatic rings. The van der Waals surface area contributed by atoms with Gasteiger partial charge in [-0.1, -0.05) is 19.4 Å². The maximum atomic E-state index is 4.53. The number of hydrogen-bond donors (Lipinski definition) is 1. The lowest BCUT2D eigenvalue weighted by atomic mass is 10.0. The minimum atomic E-state index is 0.308. The summed E-state index contributed by atoms with van der Waals surface area (Å²) in [4.78, 5) is 4.53. The Morgan fingerprint density at radius 2 is 2.28 bits per heavy atom. The van der Waals surface area contributed by atoms with E-state index >= 15 is 0 Å². The molecule has 0 aliphatic heterocycles. The zero-order chi connectivity index (χ0) is 12.8. The third-order valence-electron chi connectivity index (χ3n) is 3.66. The third kappa shape index (κ3) is 3.22. The van der Waals surface area contributed by atoms with Crippen LogP contribution in [0.3, 0.4) is 0 Å². The second-order valence-corrected chi connectivity index (χ2v) is 5.16. The van der Waals surface area contributed by atoms with E-state index in [0.717, 1.165) is 18.8 Å². The van der Waals surface area contributed by atoms with Crippen LogP contribution >= 0.6 is 0 Å². The van der Waals surface area contributed by atoms with Crippen LogP contribution < -0.4 is 5.32 Å². The molecular weight excluding hydrogens is 222 g/mol. The van der Waals surface area contributed by atoms with E-state index in [-0.39, 0.29) is 0 Å². The summed E-state index contributed by atoms with van der Waals surface area (Å²) in [5.41, 5.74) is 1.54. The molecule has 0 saturated carbocycles. The van der Waals surface area contributed by atoms with Gasteiger partial charge in [0.2, 0.25) is 0 Å². The van der Waals surface area contributed by atoms with E-state index in [0.29, 0.717) is 6.04 Å². The van der Waals surface area contributed by atoms with Gasteiger partial charge >= 0.3 is 0 Å². The van der Waals surface area contributed by atoms with Crippen LogP contribution in [-0.2, 0) is 7.05 Å². The van der Waals surface area contributed by atoms with Crippen LogP contribution in [0.2, 0.25) is 0 Å². The molecule has 1 aromatic heterocycles. The van der Waals surface area contributed by atoms with Gasteiger partial charge in [-0.3, -0.25) is 0 Å². The molecule has 0 bridgehead atoms. The van der Waals surface area contributed by atoms with E-state index in [9.17, 15) is 0 Å². The van der Waals surface area contributed by atoms with Crippen LogP contribution in [0.5, 0.6) is 0 Å². The molecule has 0 amide bonds. The van der Waals surface area contributed by atoms with Gasteiger partial charge in [0.25, 0.3) is 0 Å². The standard InChI is InChI=1S/C15H25N3/c1-3-10-16-14(15-17-11-12-18(15)2)13-8-6-4-5-7-9-13/h8,11-12,14,16H,3-7,9-10H2,1-2H3. The first-order chi connectivity index (χ1) is 8.83. The van der Waals surface area contributed by atoms with Crippen LogP contribution in [0.4, 0.5) is 0 Å². The summed E-state index contributed by atoms with van der Waals surface area (Å²) >= 11 is 0. The minimum absolute atomic E-state index is 0.308. The normalized spacial score (nSPS) is 18.2. The molecule has 3 nitrogen and oxygen atoms in total. The van der Waals surface area contributed by atoms with Gasteiger partial charge in [-0.05, 0) is 44.2 Å². The Hall–Kier alpha value is -1.09. The molecule has 0 spiro atoms. The van der Waals surface area contributed by atoms with Crippen molar-refractivity contribution in [1.29, 1.82) is 0 Å². The molecule has 18 heavy (non-hydrogen) atoms. The number of allylic oxidation sites excluding steroid dienone is 1. The number of imidazole rings is 1. The van der Waals surface area contributed by atoms with Gasteiger partial charge in [-0.25, -0.2) is 4.98 Å². The van der Waals surface area contributed by atoms with Crippen molar-refractivity contribution in [2.24, 2.45) is 7.05 Å². The first kappa shape index (κ1) is 13.3. The van der Waals surface area contributed by atoms with Gasteiger partial charge < -0.3 is 9.88 Å². The van der Waals surface area contributed by atoms with Crippen LogP contribution in [0.15, 0.2) is 24.0 Å². The minimum Gasteiger partial charge on any atom is -0.336 e. The van der Waals surface area contributed by atoms with Gasteiger partial charge in [-0.15, -0.1) is 0 Å². The number of nitrogens with one attached hydrogen (secondary N) is 1. The molecule has 1 aromatic rings. The zero-order valence-corrected chi connectivity index (χ0v) is 11.7. The Bertz CT molecular complexity index is 392. The van der Waals surface area contributed by atoms with Gasteiger partial charge in [0.05, 0.1) is 6.04 Å². The number of aromatic nitrogens is 2. The van der Waals surface area contributed by atoms with Crippen LogP contribution in [-0.4, -0.2) is 16.1 Å². The molecule has 1 heterocycles. The predicted molar refractivity (Wildman–Crippen MR) is 75.4 cm³/mol. The summed E-state index contributed by atoms with van der Waals surface area (Å²) in [5, 5.41) is 3.66. The first-order valence-electron chi connectivity index (χ1n) is 7.22. The Morgan fingerprint density at radius 1 is 1.39 bits per heavy atom. The lowest BCUT2D eigenvalue weighted by Crippen LogP contribution is -2.26. The summed E-state index contributed by atoms with van der Waals surface area (Å²) in [5.74, 6) is 1.15. The second-order valence-electron chi connectivity index (χ2n) is 5.16. The van der Waals surface area contributed by atoms with Crippen LogP contribution in [0.1, 0.15) is 57.3 Å². The van der Waals surface area contributed by atoms with Gasteiger partial charge in [0.1, 0.15) is 5.82 Å². The van der Waals surface area contributed by atoms with Crippen molar-refractivity contribution in [3.63, 3.8) is 0 Å². The van der Waals surface area contributed by atoms with Gasteiger partial charge in [-0.2, -0.15) is 0 Å². The van der Waals surface area contributed by atoms with E-state index in [1.807, 2.05) is 12.4 Å². The summed E-state index contributed by atoms with van der Waals surface area (Å²) in [6.07, 6.45) is 14.0. The molecule has 3 heteroatoms. The van der Waals surface area contributed by atoms with E-state index in [2.05, 4.69) is 34.9 Å². The van der Waals surface area contributed by atoms with Crippen molar-refractivity contribution in [3.05, 3.63) is 29.9 Å². The highest BCUT2D eigenvalue weighted by Crippen LogP contribution is 2.28. The summed E-state index contributed by atoms with van der Waals surface area (Å²) in [6.45, 7) is 3.26. The number of nitrogens with zero attached hydrogens (tertiary/aromatic N) is 2. The molecule has 0 saturated heterocycles. The fraction of sp³-hybridized carbons (Fsp3) is 0.667. The van der Waals surface area contributed by atoms with E-state index in [4.69, 9.17) is 0 Å². The van der Waals surface area contributed by atoms with Crippen LogP contribution in [0.25, 0.3) is 0 Å². The predicted octanol–water partition coefficient (Wildman–Crippen LogP) is 3.35. The van der Waals surface area contributed by atoms with Crippen LogP contribution in [0, 0.1) is 0 Å². The first-order valence-corrected chi connectivity index (χ1v) is 7.22. The lowest BCUT2D eigenvalue weighted by molar-refractivity contribution is 0.530. The third-order valence-corrected chi connectivity index (χ3v) is 3.66. The molecule has 1 atom stereocenters. The summed E-state index contributed by atoms with van der Waals surface area (Å²) < 4.78 is 2.14. The highest BCUT2D eigenvalue weighted by atomic mass is 15.1. The molecule has 2 rings (SSSR count). The average molecular weight is 247 g/mol. The molecule has 1 N–H and O–H groups in total. The van der Waals surface area contributed by atoms with E-state index in [1.165, 1.54) is 37.7 Å². The fourth-order valence-corrected chi connectivity index (χ4v) is 2.63. The van der Waals surface area contributed by atoms with Crippen molar-refractivity contribution in [1.82, 2.24) is 14.9 Å². The van der Waals surface area contributed by atoms with Crippen molar-refractivity contribution in [2.45, 2.75) is 51.5 Å². The van der Waals surface area contributed by atoms with Gasteiger partial charge in [0.15, 0.2) is 0 Å². The fourth-order valence-electron chi connectivity index (χ4n) is 2.63. The van der Waals surface area contributed by atoms with Crippen molar-refractivity contribution < 1.29 is 0 Å². The number of hydrogen-bond acceptors (Lipinski definition) is 2. The van der Waals surface area contributed by atoms with E-state index in [1.54, 1.807) is 0 Å². The highest BCUT2D eigenvalue weighted by molar-refractivity contribution is 5.19. The lowest BCUT2D eigenvalue weighted by Gasteiger charge is -2.21. The Kier molecular flexibility index (Phi) is 5.00. The molecule has 0 fully saturated rings. The highest BCUT2D eigenvalue weighted by Gasteiger charge is 2.20. The smallest absolute Gasteiger partial charge is 0.129 e. The quantitative estimate of drug-likeness (QED) is 0.809. The number of rotatable bonds is 5. The van der Waals surface area contributed by atoms with Crippen molar-refractivity contribution >= 4 is 0 Å². The zero-order valence-electron chi connectivity index (χ0n) is 11.7. The van der Waals surface area contributed by atoms with E-state index < -0.39 is 0 Å².